The smallest absolute Gasteiger partial charge is 0.153 e. The molecule has 0 amide bonds. The monoisotopic (exact) mass is 225 g/mol. The van der Waals surface area contributed by atoms with Crippen LogP contribution in [-0.2, 0) is 0 Å². The summed E-state index contributed by atoms with van der Waals surface area (Å²) in [6.07, 6.45) is 1.00. The van der Waals surface area contributed by atoms with Crippen LogP contribution in [0, 0.1) is 17.5 Å². The molecule has 2 rings (SSSR count). The zero-order valence-corrected chi connectivity index (χ0v) is 7.92. The van der Waals surface area contributed by atoms with Gasteiger partial charge in [-0.2, -0.15) is 0 Å². The van der Waals surface area contributed by atoms with E-state index in [0.717, 1.165) is 24.4 Å². The average Bonchev–Trinajstić information content (AvgIpc) is 2.15. The van der Waals surface area contributed by atoms with Crippen molar-refractivity contribution in [2.45, 2.75) is 0 Å². The Morgan fingerprint density at radius 1 is 0.938 bits per heavy atom. The number of pyridine rings is 1. The lowest BCUT2D eigenvalue weighted by Gasteiger charge is -2.03. The van der Waals surface area contributed by atoms with E-state index in [4.69, 9.17) is 5.11 Å². The molecule has 0 unspecified atom stereocenters. The van der Waals surface area contributed by atoms with Crippen molar-refractivity contribution in [2.75, 3.05) is 0 Å². The number of rotatable bonds is 1. The van der Waals surface area contributed by atoms with Crippen molar-refractivity contribution < 1.29 is 18.3 Å². The first kappa shape index (κ1) is 10.5. The average molecular weight is 225 g/mol. The molecule has 1 N–H and O–H groups in total. The standard InChI is InChI=1S/C11H6F3NO/c12-7-1-6(2-8(13)3-7)11-10(14)4-9(16)5-15-11/h1-5,16H. The molecular weight excluding hydrogens is 219 g/mol. The molecule has 0 saturated heterocycles. The maximum absolute atomic E-state index is 13.3. The van der Waals surface area contributed by atoms with Gasteiger partial charge in [0.15, 0.2) is 5.82 Å². The van der Waals surface area contributed by atoms with Gasteiger partial charge in [0.2, 0.25) is 0 Å². The number of hydrogen-bond acceptors (Lipinski definition) is 2. The van der Waals surface area contributed by atoms with E-state index >= 15 is 0 Å². The highest BCUT2D eigenvalue weighted by Gasteiger charge is 2.10. The molecule has 0 aliphatic rings. The number of nitrogens with zero attached hydrogens (tertiary/aromatic N) is 1. The molecular formula is C11H6F3NO. The van der Waals surface area contributed by atoms with Crippen LogP contribution >= 0.6 is 0 Å². The van der Waals surface area contributed by atoms with Gasteiger partial charge in [-0.25, -0.2) is 18.2 Å². The van der Waals surface area contributed by atoms with Crippen molar-refractivity contribution >= 4 is 0 Å². The van der Waals surface area contributed by atoms with Gasteiger partial charge in [-0.15, -0.1) is 0 Å². The lowest BCUT2D eigenvalue weighted by Crippen LogP contribution is -1.91. The Bertz CT molecular complexity index is 522. The summed E-state index contributed by atoms with van der Waals surface area (Å²) in [6.45, 7) is 0. The second-order valence-corrected chi connectivity index (χ2v) is 3.18. The van der Waals surface area contributed by atoms with Crippen LogP contribution in [0.15, 0.2) is 30.5 Å². The predicted octanol–water partition coefficient (Wildman–Crippen LogP) is 2.87. The molecule has 0 saturated carbocycles. The van der Waals surface area contributed by atoms with Crippen molar-refractivity contribution in [3.63, 3.8) is 0 Å². The minimum Gasteiger partial charge on any atom is -0.506 e. The number of benzene rings is 1. The molecule has 2 aromatic rings. The van der Waals surface area contributed by atoms with Gasteiger partial charge in [-0.05, 0) is 12.1 Å². The molecule has 1 heterocycles. The van der Waals surface area contributed by atoms with Gasteiger partial charge in [0.05, 0.1) is 6.20 Å². The van der Waals surface area contributed by atoms with Gasteiger partial charge in [-0.3, -0.25) is 0 Å². The molecule has 0 fully saturated rings. The van der Waals surface area contributed by atoms with Gasteiger partial charge < -0.3 is 5.11 Å². The van der Waals surface area contributed by atoms with Crippen LogP contribution in [0.1, 0.15) is 0 Å². The topological polar surface area (TPSA) is 33.1 Å². The zero-order valence-electron chi connectivity index (χ0n) is 7.92. The van der Waals surface area contributed by atoms with Crippen molar-refractivity contribution in [2.24, 2.45) is 0 Å². The summed E-state index contributed by atoms with van der Waals surface area (Å²) in [5, 5.41) is 8.94. The summed E-state index contributed by atoms with van der Waals surface area (Å²) in [4.78, 5) is 3.57. The third kappa shape index (κ3) is 1.98. The molecule has 1 aromatic carbocycles. The van der Waals surface area contributed by atoms with Crippen LogP contribution in [0.5, 0.6) is 5.75 Å². The number of aromatic hydroxyl groups is 1. The Morgan fingerprint density at radius 2 is 1.56 bits per heavy atom. The summed E-state index contributed by atoms with van der Waals surface area (Å²) in [6, 6.07) is 3.43. The van der Waals surface area contributed by atoms with E-state index in [-0.39, 0.29) is 17.0 Å². The van der Waals surface area contributed by atoms with Crippen molar-refractivity contribution in [3.05, 3.63) is 47.9 Å². The van der Waals surface area contributed by atoms with Gasteiger partial charge in [0.25, 0.3) is 0 Å². The normalized spacial score (nSPS) is 10.4. The number of hydrogen-bond donors (Lipinski definition) is 1. The lowest BCUT2D eigenvalue weighted by atomic mass is 10.1. The SMILES string of the molecule is Oc1cnc(-c2cc(F)cc(F)c2)c(F)c1. The van der Waals surface area contributed by atoms with E-state index in [1.807, 2.05) is 0 Å². The van der Waals surface area contributed by atoms with Gasteiger partial charge in [0, 0.05) is 17.7 Å². The minimum atomic E-state index is -0.843. The van der Waals surface area contributed by atoms with Gasteiger partial charge >= 0.3 is 0 Å². The molecule has 0 atom stereocenters. The first-order valence-electron chi connectivity index (χ1n) is 4.37. The predicted molar refractivity (Wildman–Crippen MR) is 51.2 cm³/mol. The third-order valence-corrected chi connectivity index (χ3v) is 1.96. The number of aromatic nitrogens is 1. The van der Waals surface area contributed by atoms with E-state index < -0.39 is 17.5 Å². The molecule has 0 spiro atoms. The maximum atomic E-state index is 13.3. The second-order valence-electron chi connectivity index (χ2n) is 3.18. The quantitative estimate of drug-likeness (QED) is 0.809. The minimum absolute atomic E-state index is 0.0185. The van der Waals surface area contributed by atoms with Crippen LogP contribution in [0.3, 0.4) is 0 Å². The summed E-state index contributed by atoms with van der Waals surface area (Å²) in [5.41, 5.74) is -0.230. The van der Waals surface area contributed by atoms with Crippen LogP contribution < -0.4 is 0 Å². The van der Waals surface area contributed by atoms with Crippen molar-refractivity contribution in [1.82, 2.24) is 4.98 Å². The fourth-order valence-corrected chi connectivity index (χ4v) is 1.33. The van der Waals surface area contributed by atoms with E-state index in [0.29, 0.717) is 6.07 Å². The molecule has 16 heavy (non-hydrogen) atoms. The first-order chi connectivity index (χ1) is 7.56. The molecule has 5 heteroatoms. The largest absolute Gasteiger partial charge is 0.506 e. The first-order valence-corrected chi connectivity index (χ1v) is 4.37. The van der Waals surface area contributed by atoms with Crippen LogP contribution in [0.2, 0.25) is 0 Å². The zero-order chi connectivity index (χ0) is 11.7. The molecule has 82 valence electrons. The van der Waals surface area contributed by atoms with Gasteiger partial charge in [-0.1, -0.05) is 0 Å². The Morgan fingerprint density at radius 3 is 2.12 bits per heavy atom. The highest BCUT2D eigenvalue weighted by molar-refractivity contribution is 5.60. The Labute approximate surface area is 89.0 Å². The van der Waals surface area contributed by atoms with E-state index in [9.17, 15) is 13.2 Å². The highest BCUT2D eigenvalue weighted by Crippen LogP contribution is 2.24. The fraction of sp³-hybridized carbons (Fsp3) is 0. The highest BCUT2D eigenvalue weighted by atomic mass is 19.1. The van der Waals surface area contributed by atoms with Crippen LogP contribution in [0.25, 0.3) is 11.3 Å². The summed E-state index contributed by atoms with van der Waals surface area (Å²) < 4.78 is 39.1. The fourth-order valence-electron chi connectivity index (χ4n) is 1.33. The molecule has 0 radical (unpaired) electrons. The molecule has 2 nitrogen and oxygen atoms in total. The van der Waals surface area contributed by atoms with Crippen molar-refractivity contribution in [1.29, 1.82) is 0 Å². The van der Waals surface area contributed by atoms with E-state index in [1.54, 1.807) is 0 Å². The summed E-state index contributed by atoms with van der Waals surface area (Å²) in [5.74, 6) is -2.82. The number of halogens is 3. The molecule has 0 aliphatic carbocycles. The van der Waals surface area contributed by atoms with E-state index in [1.165, 1.54) is 0 Å². The van der Waals surface area contributed by atoms with E-state index in [2.05, 4.69) is 4.98 Å². The van der Waals surface area contributed by atoms with Crippen LogP contribution in [0.4, 0.5) is 13.2 Å². The van der Waals surface area contributed by atoms with Crippen LogP contribution in [-0.4, -0.2) is 10.1 Å². The lowest BCUT2D eigenvalue weighted by molar-refractivity contribution is 0.466. The third-order valence-electron chi connectivity index (χ3n) is 1.96. The Kier molecular flexibility index (Phi) is 2.52. The molecule has 1 aromatic heterocycles. The maximum Gasteiger partial charge on any atom is 0.153 e. The summed E-state index contributed by atoms with van der Waals surface area (Å²) in [7, 11) is 0. The Balaban J connectivity index is 2.58. The van der Waals surface area contributed by atoms with Gasteiger partial charge in [0.1, 0.15) is 23.1 Å². The Hall–Kier alpha value is -2.04. The van der Waals surface area contributed by atoms with Crippen molar-refractivity contribution in [3.8, 4) is 17.0 Å². The molecule has 0 aliphatic heterocycles. The summed E-state index contributed by atoms with van der Waals surface area (Å²) >= 11 is 0. The molecule has 0 bridgehead atoms. The second kappa shape index (κ2) is 3.84.